The van der Waals surface area contributed by atoms with E-state index in [9.17, 15) is 0 Å². The summed E-state index contributed by atoms with van der Waals surface area (Å²) < 4.78 is 5.40. The average Bonchev–Trinajstić information content (AvgIpc) is 3.27. The van der Waals surface area contributed by atoms with Crippen LogP contribution in [0.1, 0.15) is 37.3 Å². The topological polar surface area (TPSA) is 24.5 Å². The van der Waals surface area contributed by atoms with Gasteiger partial charge < -0.3 is 10.1 Å². The number of hydrogen-bond acceptors (Lipinski definition) is 3. The quantitative estimate of drug-likeness (QED) is 0.914. The second kappa shape index (κ2) is 4.96. The molecule has 4 rings (SSSR count). The van der Waals surface area contributed by atoms with Gasteiger partial charge in [0.05, 0.1) is 13.2 Å². The van der Waals surface area contributed by atoms with E-state index in [1.807, 2.05) is 0 Å². The van der Waals surface area contributed by atoms with Gasteiger partial charge in [0.25, 0.3) is 0 Å². The molecular weight excluding hydrogens is 248 g/mol. The maximum atomic E-state index is 5.40. The summed E-state index contributed by atoms with van der Waals surface area (Å²) in [5, 5.41) is 3.56. The predicted molar refractivity (Wildman–Crippen MR) is 81.2 cm³/mol. The van der Waals surface area contributed by atoms with Crippen molar-refractivity contribution in [3.05, 3.63) is 23.8 Å². The summed E-state index contributed by atoms with van der Waals surface area (Å²) in [6, 6.07) is 6.98. The van der Waals surface area contributed by atoms with Gasteiger partial charge in [-0.1, -0.05) is 0 Å². The van der Waals surface area contributed by atoms with Crippen molar-refractivity contribution in [2.24, 2.45) is 11.8 Å². The Morgan fingerprint density at radius 3 is 2.90 bits per heavy atom. The molecule has 1 saturated heterocycles. The maximum absolute atomic E-state index is 5.40. The molecule has 0 bridgehead atoms. The van der Waals surface area contributed by atoms with Gasteiger partial charge in [0.1, 0.15) is 5.75 Å². The van der Waals surface area contributed by atoms with Crippen LogP contribution >= 0.6 is 0 Å². The Hall–Kier alpha value is -1.22. The molecule has 108 valence electrons. The lowest BCUT2D eigenvalue weighted by molar-refractivity contribution is 0.121. The molecule has 1 N–H and O–H groups in total. The second-order valence-electron chi connectivity index (χ2n) is 6.58. The minimum atomic E-state index is 0.543. The number of hydrogen-bond donors (Lipinski definition) is 1. The molecule has 20 heavy (non-hydrogen) atoms. The maximum Gasteiger partial charge on any atom is 0.119 e. The molecule has 3 aliphatic rings. The van der Waals surface area contributed by atoms with E-state index in [2.05, 4.69) is 28.4 Å². The molecular formula is C17H24N2O. The highest BCUT2D eigenvalue weighted by Crippen LogP contribution is 2.44. The number of benzene rings is 1. The molecule has 1 aromatic carbocycles. The molecule has 0 spiro atoms. The molecule has 2 fully saturated rings. The van der Waals surface area contributed by atoms with Gasteiger partial charge in [-0.25, -0.2) is 0 Å². The highest BCUT2D eigenvalue weighted by molar-refractivity contribution is 5.59. The lowest BCUT2D eigenvalue weighted by atomic mass is 9.91. The molecule has 3 heteroatoms. The van der Waals surface area contributed by atoms with Crippen molar-refractivity contribution >= 4 is 5.69 Å². The summed E-state index contributed by atoms with van der Waals surface area (Å²) in [6.45, 7) is 3.61. The Morgan fingerprint density at radius 2 is 2.10 bits per heavy atom. The van der Waals surface area contributed by atoms with Gasteiger partial charge in [-0.15, -0.1) is 0 Å². The Labute approximate surface area is 121 Å². The molecule has 2 atom stereocenters. The van der Waals surface area contributed by atoms with E-state index in [1.165, 1.54) is 50.0 Å². The molecule has 0 radical (unpaired) electrons. The van der Waals surface area contributed by atoms with Crippen LogP contribution in [0.3, 0.4) is 0 Å². The Balaban J connectivity index is 1.55. The van der Waals surface area contributed by atoms with Crippen LogP contribution in [0.2, 0.25) is 0 Å². The molecule has 2 aliphatic heterocycles. The lowest BCUT2D eigenvalue weighted by Gasteiger charge is -2.37. The molecule has 3 nitrogen and oxygen atoms in total. The number of nitrogens with one attached hydrogen (secondary N) is 1. The van der Waals surface area contributed by atoms with Crippen LogP contribution < -0.4 is 10.1 Å². The zero-order chi connectivity index (χ0) is 13.5. The smallest absolute Gasteiger partial charge is 0.119 e. The van der Waals surface area contributed by atoms with E-state index in [4.69, 9.17) is 4.74 Å². The first kappa shape index (κ1) is 12.5. The third-order valence-electron chi connectivity index (χ3n) is 5.32. The molecule has 0 amide bonds. The normalized spacial score (nSPS) is 29.9. The summed E-state index contributed by atoms with van der Waals surface area (Å²) in [4.78, 5) is 2.71. The fraction of sp³-hybridized carbons (Fsp3) is 0.647. The first-order valence-corrected chi connectivity index (χ1v) is 8.01. The van der Waals surface area contributed by atoms with Crippen molar-refractivity contribution < 1.29 is 4.74 Å². The van der Waals surface area contributed by atoms with Crippen LogP contribution in [-0.2, 0) is 0 Å². The fourth-order valence-electron chi connectivity index (χ4n) is 4.02. The Bertz CT molecular complexity index is 498. The van der Waals surface area contributed by atoms with Crippen molar-refractivity contribution in [3.8, 4) is 5.75 Å². The number of rotatable bonds is 3. The third-order valence-corrected chi connectivity index (χ3v) is 5.32. The number of anilines is 1. The van der Waals surface area contributed by atoms with Gasteiger partial charge >= 0.3 is 0 Å². The number of piperidine rings is 1. The van der Waals surface area contributed by atoms with Crippen LogP contribution in [0.25, 0.3) is 0 Å². The molecule has 1 aliphatic carbocycles. The van der Waals surface area contributed by atoms with Crippen molar-refractivity contribution in [3.63, 3.8) is 0 Å². The van der Waals surface area contributed by atoms with Crippen molar-refractivity contribution in [2.45, 2.75) is 31.7 Å². The third kappa shape index (κ3) is 2.18. The molecule has 1 aromatic rings. The fourth-order valence-corrected chi connectivity index (χ4v) is 4.02. The van der Waals surface area contributed by atoms with E-state index >= 15 is 0 Å². The average molecular weight is 272 g/mol. The van der Waals surface area contributed by atoms with Gasteiger partial charge in [-0.3, -0.25) is 4.90 Å². The monoisotopic (exact) mass is 272 g/mol. The SMILES string of the molecule is COc1ccc2c(c1)C(N1CCCC(C3CC3)C1)CN2. The minimum absolute atomic E-state index is 0.543. The van der Waals surface area contributed by atoms with Crippen molar-refractivity contribution in [2.75, 3.05) is 32.1 Å². The van der Waals surface area contributed by atoms with Crippen LogP contribution in [0.15, 0.2) is 18.2 Å². The highest BCUT2D eigenvalue weighted by Gasteiger charge is 2.37. The van der Waals surface area contributed by atoms with Gasteiger partial charge in [0.15, 0.2) is 0 Å². The summed E-state index contributed by atoms with van der Waals surface area (Å²) in [6.07, 6.45) is 5.78. The van der Waals surface area contributed by atoms with E-state index < -0.39 is 0 Å². The van der Waals surface area contributed by atoms with E-state index in [0.717, 1.165) is 24.1 Å². The molecule has 2 heterocycles. The highest BCUT2D eigenvalue weighted by atomic mass is 16.5. The second-order valence-corrected chi connectivity index (χ2v) is 6.58. The van der Waals surface area contributed by atoms with E-state index in [0.29, 0.717) is 6.04 Å². The Morgan fingerprint density at radius 1 is 1.20 bits per heavy atom. The largest absolute Gasteiger partial charge is 0.497 e. The number of fused-ring (bicyclic) bond motifs is 1. The number of methoxy groups -OCH3 is 1. The zero-order valence-corrected chi connectivity index (χ0v) is 12.3. The van der Waals surface area contributed by atoms with E-state index in [1.54, 1.807) is 7.11 Å². The number of likely N-dealkylation sites (tertiary alicyclic amines) is 1. The van der Waals surface area contributed by atoms with Crippen molar-refractivity contribution in [1.82, 2.24) is 4.90 Å². The van der Waals surface area contributed by atoms with Gasteiger partial charge in [0.2, 0.25) is 0 Å². The van der Waals surface area contributed by atoms with Crippen LogP contribution in [0.5, 0.6) is 5.75 Å². The van der Waals surface area contributed by atoms with Gasteiger partial charge in [-0.05, 0) is 67.8 Å². The summed E-state index contributed by atoms with van der Waals surface area (Å²) in [5.74, 6) is 2.98. The molecule has 1 saturated carbocycles. The van der Waals surface area contributed by atoms with Crippen molar-refractivity contribution in [1.29, 1.82) is 0 Å². The predicted octanol–water partition coefficient (Wildman–Crippen LogP) is 3.28. The van der Waals surface area contributed by atoms with Crippen LogP contribution in [-0.4, -0.2) is 31.6 Å². The first-order chi connectivity index (χ1) is 9.85. The first-order valence-electron chi connectivity index (χ1n) is 8.01. The van der Waals surface area contributed by atoms with Crippen LogP contribution in [0.4, 0.5) is 5.69 Å². The van der Waals surface area contributed by atoms with Gasteiger partial charge in [-0.2, -0.15) is 0 Å². The molecule has 0 aromatic heterocycles. The Kier molecular flexibility index (Phi) is 3.10. The number of nitrogens with zero attached hydrogens (tertiary/aromatic N) is 1. The summed E-state index contributed by atoms with van der Waals surface area (Å²) >= 11 is 0. The van der Waals surface area contributed by atoms with Crippen LogP contribution in [0, 0.1) is 11.8 Å². The standard InChI is InChI=1S/C17H24N2O/c1-20-14-6-7-16-15(9-14)17(10-18-16)19-8-2-3-13(11-19)12-4-5-12/h6-7,9,12-13,17-18H,2-5,8,10-11H2,1H3. The van der Waals surface area contributed by atoms with Gasteiger partial charge in [0, 0.05) is 18.8 Å². The molecule has 2 unspecified atom stereocenters. The zero-order valence-electron chi connectivity index (χ0n) is 12.3. The number of ether oxygens (including phenoxy) is 1. The summed E-state index contributed by atoms with van der Waals surface area (Å²) in [5.41, 5.74) is 2.73. The van der Waals surface area contributed by atoms with E-state index in [-0.39, 0.29) is 0 Å². The minimum Gasteiger partial charge on any atom is -0.497 e. The lowest BCUT2D eigenvalue weighted by Crippen LogP contribution is -2.39. The summed E-state index contributed by atoms with van der Waals surface area (Å²) in [7, 11) is 1.75.